The third-order valence-corrected chi connectivity index (χ3v) is 16.2. The number of esters is 1. The summed E-state index contributed by atoms with van der Waals surface area (Å²) in [5.41, 5.74) is -0.920. The number of pyridine rings is 1. The number of carbonyl (C=O) groups excluding carboxylic acids is 3. The minimum absolute atomic E-state index is 0.0367. The Bertz CT molecular complexity index is 2470. The Balaban J connectivity index is 1.61. The third kappa shape index (κ3) is 5.20. The molecule has 7 rings (SSSR count). The van der Waals surface area contributed by atoms with Crippen LogP contribution in [0.25, 0.3) is 27.6 Å². The second kappa shape index (κ2) is 13.0. The molecule has 3 aromatic carbocycles. The molecule has 1 aromatic heterocycles. The molecule has 1 aliphatic heterocycles. The summed E-state index contributed by atoms with van der Waals surface area (Å²) in [5, 5.41) is 0.0951. The molecule has 4 aromatic rings. The molecule has 1 spiro atoms. The predicted molar refractivity (Wildman–Crippen MR) is 213 cm³/mol. The Labute approximate surface area is 324 Å². The number of allylic oxidation sites excluding steroid dienone is 3. The number of rotatable bonds is 7. The Kier molecular flexibility index (Phi) is 9.04. The zero-order valence-corrected chi connectivity index (χ0v) is 34.4. The average molecular weight is 786 g/mol. The molecule has 0 fully saturated rings. The molecule has 2 aliphatic carbocycles. The number of aryl methyl sites for hydroxylation is 1. The van der Waals surface area contributed by atoms with Crippen LogP contribution >= 0.6 is 11.6 Å². The Hall–Kier alpha value is -5.07. The molecule has 11 nitrogen and oxygen atoms in total. The van der Waals surface area contributed by atoms with Crippen LogP contribution in [-0.4, -0.2) is 58.3 Å². The first-order valence-electron chi connectivity index (χ1n) is 18.1. The molecule has 0 unspecified atom stereocenters. The minimum atomic E-state index is -3.50. The van der Waals surface area contributed by atoms with Crippen molar-refractivity contribution in [3.8, 4) is 34.5 Å². The van der Waals surface area contributed by atoms with Gasteiger partial charge in [-0.05, 0) is 42.9 Å². The van der Waals surface area contributed by atoms with Crippen molar-refractivity contribution < 1.29 is 42.2 Å². The number of H-pyrrole nitrogens is 1. The highest BCUT2D eigenvalue weighted by molar-refractivity contribution is 6.75. The van der Waals surface area contributed by atoms with Gasteiger partial charge in [0.2, 0.25) is 0 Å². The van der Waals surface area contributed by atoms with Crippen molar-refractivity contribution in [2.45, 2.75) is 76.8 Å². The number of Topliss-reactive ketones (excluding diaryl/α,β-unsaturated/α-hetero) is 2. The van der Waals surface area contributed by atoms with Crippen LogP contribution in [0.3, 0.4) is 0 Å². The summed E-state index contributed by atoms with van der Waals surface area (Å²) in [6, 6.07) is 5.35. The molecule has 288 valence electrons. The fraction of sp³-hybridized carbons (Fsp3) is 0.381. The quantitative estimate of drug-likeness (QED) is 0.0485. The molecule has 0 bridgehead atoms. The van der Waals surface area contributed by atoms with Gasteiger partial charge in [0.05, 0.1) is 48.6 Å². The van der Waals surface area contributed by atoms with E-state index in [0.29, 0.717) is 39.8 Å². The lowest BCUT2D eigenvalue weighted by Gasteiger charge is -2.50. The van der Waals surface area contributed by atoms with Crippen molar-refractivity contribution in [3.63, 3.8) is 0 Å². The summed E-state index contributed by atoms with van der Waals surface area (Å²) in [6.07, 6.45) is 7.70. The van der Waals surface area contributed by atoms with Gasteiger partial charge in [0.15, 0.2) is 28.8 Å². The highest BCUT2D eigenvalue weighted by Gasteiger charge is 2.67. The Morgan fingerprint density at radius 3 is 2.15 bits per heavy atom. The van der Waals surface area contributed by atoms with Crippen LogP contribution in [0.4, 0.5) is 0 Å². The first-order valence-corrected chi connectivity index (χ1v) is 20.4. The normalized spacial score (nSPS) is 18.6. The lowest BCUT2D eigenvalue weighted by atomic mass is 9.76. The Morgan fingerprint density at radius 1 is 0.873 bits per heavy atom. The average Bonchev–Trinajstić information content (AvgIpc) is 3.62. The van der Waals surface area contributed by atoms with Crippen LogP contribution in [0.1, 0.15) is 92.4 Å². The van der Waals surface area contributed by atoms with Gasteiger partial charge in [0.1, 0.15) is 28.5 Å². The molecule has 0 saturated heterocycles. The number of hydrogen-bond donors (Lipinski definition) is 1. The highest BCUT2D eigenvalue weighted by Crippen LogP contribution is 2.65. The van der Waals surface area contributed by atoms with E-state index >= 15 is 9.59 Å². The minimum Gasteiger partial charge on any atom is -0.510 e. The van der Waals surface area contributed by atoms with Gasteiger partial charge in [-0.3, -0.25) is 19.2 Å². The molecule has 1 N–H and O–H groups in total. The maximum absolute atomic E-state index is 15.6. The summed E-state index contributed by atoms with van der Waals surface area (Å²) < 4.78 is 37.9. The van der Waals surface area contributed by atoms with Crippen LogP contribution in [0.15, 0.2) is 41.2 Å². The van der Waals surface area contributed by atoms with E-state index in [2.05, 4.69) is 4.98 Å². The van der Waals surface area contributed by atoms with E-state index in [-0.39, 0.29) is 57.1 Å². The van der Waals surface area contributed by atoms with E-state index in [4.69, 9.17) is 39.4 Å². The summed E-state index contributed by atoms with van der Waals surface area (Å²) >= 11 is 6.00. The smallest absolute Gasteiger partial charge is 0.471 e. The molecule has 0 radical (unpaired) electrons. The number of carbonyl (C=O) groups is 3. The third-order valence-electron chi connectivity index (χ3n) is 11.0. The van der Waals surface area contributed by atoms with Crippen molar-refractivity contribution in [2.24, 2.45) is 0 Å². The van der Waals surface area contributed by atoms with Crippen molar-refractivity contribution in [2.75, 3.05) is 27.2 Å². The molecule has 2 heterocycles. The van der Waals surface area contributed by atoms with Crippen LogP contribution in [0, 0.1) is 0 Å². The number of nitrogens with one attached hydrogen (secondary N) is 1. The number of aromatic nitrogens is 1. The lowest BCUT2D eigenvalue weighted by molar-refractivity contribution is -0.131. The summed E-state index contributed by atoms with van der Waals surface area (Å²) in [5.74, 6) is -1.82. The SMILES string of the molecule is C/C=C/C=C/c1cc2cc3c(c(OC)c2c(=O)[nH]1)[C@@]1(CC3)C(=O)c2c(c(OC(=O)CCl)c3c(OC)c(OC)cc4c3c2O[Si](C(C)(C)C)(C(C)(C)C)O4)C1=O. The number of alkyl halides is 1. The summed E-state index contributed by atoms with van der Waals surface area (Å²) in [7, 11) is 0.805. The van der Waals surface area contributed by atoms with Crippen LogP contribution in [-0.2, 0) is 16.6 Å². The monoisotopic (exact) mass is 785 g/mol. The first-order chi connectivity index (χ1) is 26.0. The van der Waals surface area contributed by atoms with E-state index in [9.17, 15) is 9.59 Å². The van der Waals surface area contributed by atoms with Gasteiger partial charge in [0, 0.05) is 27.4 Å². The van der Waals surface area contributed by atoms with Crippen LogP contribution in [0.5, 0.6) is 34.5 Å². The van der Waals surface area contributed by atoms with Gasteiger partial charge in [-0.2, -0.15) is 0 Å². The molecule has 0 saturated carbocycles. The number of ether oxygens (including phenoxy) is 4. The van der Waals surface area contributed by atoms with Crippen molar-refractivity contribution in [1.29, 1.82) is 0 Å². The molecule has 3 aliphatic rings. The predicted octanol–water partition coefficient (Wildman–Crippen LogP) is 8.52. The zero-order valence-electron chi connectivity index (χ0n) is 32.6. The van der Waals surface area contributed by atoms with Crippen molar-refractivity contribution >= 4 is 65.3 Å². The molecule has 55 heavy (non-hydrogen) atoms. The van der Waals surface area contributed by atoms with Gasteiger partial charge in [-0.15, -0.1) is 11.6 Å². The van der Waals surface area contributed by atoms with Gasteiger partial charge in [0.25, 0.3) is 5.56 Å². The van der Waals surface area contributed by atoms with Crippen molar-refractivity contribution in [3.05, 3.63) is 74.7 Å². The highest BCUT2D eigenvalue weighted by atomic mass is 35.5. The van der Waals surface area contributed by atoms with Gasteiger partial charge >= 0.3 is 14.5 Å². The van der Waals surface area contributed by atoms with Gasteiger partial charge in [-0.25, -0.2) is 0 Å². The topological polar surface area (TPSA) is 139 Å². The van der Waals surface area contributed by atoms with E-state index < -0.39 is 53.0 Å². The van der Waals surface area contributed by atoms with Crippen LogP contribution < -0.4 is 33.4 Å². The standard InChI is InChI=1S/C42H44ClNO10Si/c1-11-12-13-14-23-18-22-17-21-15-16-42(32(21)36(51-10)27(22)39(48)44-23)37(46)30-31(38(42)47)35-28-24(53-55(54-35,40(2,3)4)41(5,6)7)19-25(49-8)33(50-9)29(28)34(30)52-26(45)20-43/h11-14,17-19H,15-16,20H2,1-10H3,(H,44,48)/b12-11+,14-13+/t42-/m1/s1. The molecule has 1 atom stereocenters. The van der Waals surface area contributed by atoms with Crippen molar-refractivity contribution in [1.82, 2.24) is 4.98 Å². The van der Waals surface area contributed by atoms with Crippen LogP contribution in [0.2, 0.25) is 10.1 Å². The number of hydrogen-bond acceptors (Lipinski definition) is 10. The summed E-state index contributed by atoms with van der Waals surface area (Å²) in [6.45, 7) is 14.1. The second-order valence-electron chi connectivity index (χ2n) is 16.1. The fourth-order valence-corrected chi connectivity index (χ4v) is 13.5. The number of fused-ring (bicyclic) bond motifs is 5. The van der Waals surface area contributed by atoms with E-state index in [1.807, 2.05) is 78.8 Å². The lowest BCUT2D eigenvalue weighted by Crippen LogP contribution is -2.63. The van der Waals surface area contributed by atoms with Gasteiger partial charge < -0.3 is 32.8 Å². The zero-order chi connectivity index (χ0) is 40.0. The van der Waals surface area contributed by atoms with Gasteiger partial charge in [-0.1, -0.05) is 65.8 Å². The number of halogens is 1. The number of aromatic amines is 1. The van der Waals surface area contributed by atoms with E-state index in [1.54, 1.807) is 12.1 Å². The number of ketones is 2. The second-order valence-corrected chi connectivity index (χ2v) is 21.0. The first kappa shape index (κ1) is 38.2. The fourth-order valence-electron chi connectivity index (χ4n) is 8.95. The van der Waals surface area contributed by atoms with E-state index in [0.717, 1.165) is 0 Å². The largest absolute Gasteiger partial charge is 0.510 e. The molecule has 13 heteroatoms. The maximum Gasteiger partial charge on any atom is 0.471 e. The molecule has 0 amide bonds. The van der Waals surface area contributed by atoms with E-state index in [1.165, 1.54) is 21.3 Å². The molecular weight excluding hydrogens is 742 g/mol. The summed E-state index contributed by atoms with van der Waals surface area (Å²) in [4.78, 5) is 61.0. The number of methoxy groups -OCH3 is 3. The number of benzene rings is 3. The Morgan fingerprint density at radius 2 is 1.55 bits per heavy atom. The molecular formula is C42H44ClNO10Si. The maximum atomic E-state index is 15.6.